The molecule has 136 valence electrons. The maximum atomic E-state index is 6.37. The fourth-order valence-corrected chi connectivity index (χ4v) is 3.67. The smallest absolute Gasteiger partial charge is 0.179 e. The number of aromatic nitrogens is 2. The number of halogens is 2. The fraction of sp³-hybridized carbons (Fsp3) is 0.471. The second-order valence-corrected chi connectivity index (χ2v) is 6.60. The molecule has 1 N–H and O–H groups in total. The van der Waals surface area contributed by atoms with Crippen molar-refractivity contribution >= 4 is 24.0 Å². The van der Waals surface area contributed by atoms with Crippen LogP contribution >= 0.6 is 24.0 Å². The Hall–Kier alpha value is -1.47. The van der Waals surface area contributed by atoms with E-state index in [1.54, 1.807) is 0 Å². The van der Waals surface area contributed by atoms with E-state index in [1.807, 2.05) is 31.6 Å². The van der Waals surface area contributed by atoms with E-state index in [2.05, 4.69) is 19.8 Å². The third kappa shape index (κ3) is 3.72. The summed E-state index contributed by atoms with van der Waals surface area (Å²) < 4.78 is 13.4. The second kappa shape index (κ2) is 7.83. The average Bonchev–Trinajstić information content (AvgIpc) is 3.01. The van der Waals surface area contributed by atoms with Crippen molar-refractivity contribution in [3.8, 4) is 11.5 Å². The highest BCUT2D eigenvalue weighted by molar-refractivity contribution is 6.32. The fourth-order valence-electron chi connectivity index (χ4n) is 3.38. The molecule has 25 heavy (non-hydrogen) atoms. The van der Waals surface area contributed by atoms with Gasteiger partial charge in [-0.2, -0.15) is 0 Å². The molecular formula is C17H22Cl2N4O2. The molecule has 1 atom stereocenters. The molecule has 2 aliphatic rings. The number of aryl methyl sites for hydroxylation is 1. The SMILES string of the molecule is Cl.Cn1ccnc1C1CNCCN1Cc1cc(Cl)c2c(c1)OCCO2. The minimum absolute atomic E-state index is 0. The Morgan fingerprint density at radius 1 is 1.32 bits per heavy atom. The highest BCUT2D eigenvalue weighted by atomic mass is 35.5. The molecule has 0 radical (unpaired) electrons. The van der Waals surface area contributed by atoms with Gasteiger partial charge in [0.05, 0.1) is 11.1 Å². The number of hydrogen-bond acceptors (Lipinski definition) is 5. The molecule has 4 rings (SSSR count). The van der Waals surface area contributed by atoms with Crippen molar-refractivity contribution in [3.63, 3.8) is 0 Å². The molecule has 1 aromatic heterocycles. The van der Waals surface area contributed by atoms with Gasteiger partial charge in [0, 0.05) is 45.6 Å². The number of ether oxygens (including phenoxy) is 2. The zero-order valence-corrected chi connectivity index (χ0v) is 15.6. The van der Waals surface area contributed by atoms with Gasteiger partial charge >= 0.3 is 0 Å². The van der Waals surface area contributed by atoms with Crippen LogP contribution in [0.2, 0.25) is 5.02 Å². The molecule has 0 amide bonds. The molecule has 0 spiro atoms. The van der Waals surface area contributed by atoms with E-state index in [1.165, 1.54) is 0 Å². The molecule has 1 saturated heterocycles. The summed E-state index contributed by atoms with van der Waals surface area (Å²) in [6, 6.07) is 4.26. The van der Waals surface area contributed by atoms with Crippen LogP contribution in [0.3, 0.4) is 0 Å². The van der Waals surface area contributed by atoms with Crippen LogP contribution in [0.25, 0.3) is 0 Å². The van der Waals surface area contributed by atoms with Gasteiger partial charge in [0.1, 0.15) is 19.0 Å². The first kappa shape index (κ1) is 18.3. The van der Waals surface area contributed by atoms with E-state index in [0.29, 0.717) is 24.0 Å². The van der Waals surface area contributed by atoms with E-state index in [0.717, 1.165) is 43.3 Å². The molecule has 2 aromatic rings. The number of fused-ring (bicyclic) bond motifs is 1. The van der Waals surface area contributed by atoms with Crippen molar-refractivity contribution in [2.75, 3.05) is 32.8 Å². The van der Waals surface area contributed by atoms with Gasteiger partial charge in [0.2, 0.25) is 0 Å². The molecule has 3 heterocycles. The summed E-state index contributed by atoms with van der Waals surface area (Å²) in [5, 5.41) is 4.08. The number of rotatable bonds is 3. The predicted molar refractivity (Wildman–Crippen MR) is 98.9 cm³/mol. The van der Waals surface area contributed by atoms with Gasteiger partial charge in [-0.15, -0.1) is 12.4 Å². The Labute approximate surface area is 158 Å². The van der Waals surface area contributed by atoms with Crippen LogP contribution in [0.5, 0.6) is 11.5 Å². The lowest BCUT2D eigenvalue weighted by Gasteiger charge is -2.36. The van der Waals surface area contributed by atoms with Gasteiger partial charge < -0.3 is 19.4 Å². The summed E-state index contributed by atoms with van der Waals surface area (Å²) in [7, 11) is 2.04. The first-order chi connectivity index (χ1) is 11.7. The summed E-state index contributed by atoms with van der Waals surface area (Å²) in [5.74, 6) is 2.48. The number of hydrogen-bond donors (Lipinski definition) is 1. The molecule has 8 heteroatoms. The van der Waals surface area contributed by atoms with E-state index >= 15 is 0 Å². The van der Waals surface area contributed by atoms with Gasteiger partial charge in [-0.1, -0.05) is 11.6 Å². The van der Waals surface area contributed by atoms with Crippen molar-refractivity contribution in [2.45, 2.75) is 12.6 Å². The highest BCUT2D eigenvalue weighted by Gasteiger charge is 2.27. The predicted octanol–water partition coefficient (Wildman–Crippen LogP) is 2.41. The van der Waals surface area contributed by atoms with Crippen LogP contribution in [0, 0.1) is 0 Å². The lowest BCUT2D eigenvalue weighted by Crippen LogP contribution is -2.46. The number of piperazine rings is 1. The van der Waals surface area contributed by atoms with Crippen molar-refractivity contribution < 1.29 is 9.47 Å². The summed E-state index contributed by atoms with van der Waals surface area (Å²) >= 11 is 6.37. The molecule has 0 saturated carbocycles. The molecule has 1 fully saturated rings. The Morgan fingerprint density at radius 3 is 2.96 bits per heavy atom. The second-order valence-electron chi connectivity index (χ2n) is 6.19. The topological polar surface area (TPSA) is 51.6 Å². The van der Waals surface area contributed by atoms with Gasteiger partial charge in [-0.05, 0) is 17.7 Å². The summed E-state index contributed by atoms with van der Waals surface area (Å²) in [6.45, 7) is 4.74. The molecule has 0 bridgehead atoms. The third-order valence-corrected chi connectivity index (χ3v) is 4.83. The summed E-state index contributed by atoms with van der Waals surface area (Å²) in [4.78, 5) is 6.96. The lowest BCUT2D eigenvalue weighted by molar-refractivity contribution is 0.143. The maximum absolute atomic E-state index is 6.37. The van der Waals surface area contributed by atoms with Crippen molar-refractivity contribution in [3.05, 3.63) is 40.9 Å². The zero-order valence-electron chi connectivity index (χ0n) is 14.1. The maximum Gasteiger partial charge on any atom is 0.179 e. The van der Waals surface area contributed by atoms with Gasteiger partial charge in [-0.3, -0.25) is 4.90 Å². The number of benzene rings is 1. The van der Waals surface area contributed by atoms with Gasteiger partial charge in [-0.25, -0.2) is 4.98 Å². The van der Waals surface area contributed by atoms with Crippen LogP contribution in [0.4, 0.5) is 0 Å². The van der Waals surface area contributed by atoms with Gasteiger partial charge in [0.15, 0.2) is 11.5 Å². The van der Waals surface area contributed by atoms with Crippen LogP contribution in [0.1, 0.15) is 17.4 Å². The summed E-state index contributed by atoms with van der Waals surface area (Å²) in [5.41, 5.74) is 1.13. The Kier molecular flexibility index (Phi) is 5.74. The number of imidazole rings is 1. The van der Waals surface area contributed by atoms with E-state index < -0.39 is 0 Å². The lowest BCUT2D eigenvalue weighted by atomic mass is 10.1. The molecule has 1 aromatic carbocycles. The first-order valence-electron chi connectivity index (χ1n) is 8.22. The molecular weight excluding hydrogens is 363 g/mol. The van der Waals surface area contributed by atoms with Crippen molar-refractivity contribution in [1.29, 1.82) is 0 Å². The van der Waals surface area contributed by atoms with Crippen LogP contribution in [-0.2, 0) is 13.6 Å². The van der Waals surface area contributed by atoms with Crippen molar-refractivity contribution in [2.24, 2.45) is 7.05 Å². The van der Waals surface area contributed by atoms with Gasteiger partial charge in [0.25, 0.3) is 0 Å². The normalized spacial score (nSPS) is 20.2. The van der Waals surface area contributed by atoms with Crippen molar-refractivity contribution in [1.82, 2.24) is 19.8 Å². The largest absolute Gasteiger partial charge is 0.486 e. The Balaban J connectivity index is 0.00000182. The molecule has 2 aliphatic heterocycles. The first-order valence-corrected chi connectivity index (χ1v) is 8.60. The molecule has 1 unspecified atom stereocenters. The molecule has 6 nitrogen and oxygen atoms in total. The number of nitrogens with one attached hydrogen (secondary N) is 1. The summed E-state index contributed by atoms with van der Waals surface area (Å²) in [6.07, 6.45) is 3.84. The minimum atomic E-state index is 0. The van der Waals surface area contributed by atoms with E-state index in [9.17, 15) is 0 Å². The monoisotopic (exact) mass is 384 g/mol. The van der Waals surface area contributed by atoms with Crippen LogP contribution < -0.4 is 14.8 Å². The minimum Gasteiger partial charge on any atom is -0.486 e. The Morgan fingerprint density at radius 2 is 2.16 bits per heavy atom. The number of nitrogens with zero attached hydrogens (tertiary/aromatic N) is 3. The van der Waals surface area contributed by atoms with Crippen LogP contribution in [0.15, 0.2) is 24.5 Å². The zero-order chi connectivity index (χ0) is 16.5. The van der Waals surface area contributed by atoms with Crippen LogP contribution in [-0.4, -0.2) is 47.3 Å². The average molecular weight is 385 g/mol. The van der Waals surface area contributed by atoms with E-state index in [-0.39, 0.29) is 18.4 Å². The highest BCUT2D eigenvalue weighted by Crippen LogP contribution is 2.39. The third-order valence-electron chi connectivity index (χ3n) is 4.55. The quantitative estimate of drug-likeness (QED) is 0.880. The van der Waals surface area contributed by atoms with E-state index in [4.69, 9.17) is 21.1 Å². The Bertz CT molecular complexity index is 737. The standard InChI is InChI=1S/C17H21ClN4O2.ClH/c1-21-4-3-20-17(21)14-10-19-2-5-22(14)11-12-8-13(18)16-15(9-12)23-6-7-24-16;/h3-4,8-9,14,19H,2,5-7,10-11H2,1H3;1H. The molecule has 0 aliphatic carbocycles.